The highest BCUT2D eigenvalue weighted by Crippen LogP contribution is 2.30. The number of carbonyl (C=O) groups is 1. The lowest BCUT2D eigenvalue weighted by atomic mass is 9.80. The van der Waals surface area contributed by atoms with E-state index in [9.17, 15) is 9.18 Å². The quantitative estimate of drug-likeness (QED) is 0.792. The number of ether oxygens (including phenoxy) is 1. The van der Waals surface area contributed by atoms with Crippen LogP contribution in [0.25, 0.3) is 10.9 Å². The predicted octanol–water partition coefficient (Wildman–Crippen LogP) is 3.41. The van der Waals surface area contributed by atoms with Crippen molar-refractivity contribution in [3.63, 3.8) is 0 Å². The molecule has 0 amide bonds. The van der Waals surface area contributed by atoms with E-state index in [1.165, 1.54) is 6.20 Å². The van der Waals surface area contributed by atoms with Crippen molar-refractivity contribution in [1.29, 1.82) is 0 Å². The first-order chi connectivity index (χ1) is 12.6. The van der Waals surface area contributed by atoms with E-state index in [2.05, 4.69) is 10.3 Å². The summed E-state index contributed by atoms with van der Waals surface area (Å²) in [5, 5.41) is 13.2. The molecule has 6 heteroatoms. The van der Waals surface area contributed by atoms with Crippen LogP contribution in [0.15, 0.2) is 24.4 Å². The Hall–Kier alpha value is -2.21. The van der Waals surface area contributed by atoms with Gasteiger partial charge in [0.05, 0.1) is 18.8 Å². The molecular weight excluding hydrogens is 335 g/mol. The molecule has 2 N–H and O–H groups in total. The molecular formula is C20H25FN2O3. The number of aromatic nitrogens is 1. The molecule has 1 aromatic heterocycles. The van der Waals surface area contributed by atoms with Crippen molar-refractivity contribution in [2.75, 3.05) is 20.2 Å². The monoisotopic (exact) mass is 360 g/mol. The van der Waals surface area contributed by atoms with Gasteiger partial charge in [-0.1, -0.05) is 0 Å². The van der Waals surface area contributed by atoms with Gasteiger partial charge in [-0.3, -0.25) is 9.78 Å². The molecule has 2 heterocycles. The molecule has 140 valence electrons. The summed E-state index contributed by atoms with van der Waals surface area (Å²) in [5.74, 6) is 0.171. The maximum Gasteiger partial charge on any atom is 0.303 e. The van der Waals surface area contributed by atoms with E-state index in [1.807, 2.05) is 18.2 Å². The minimum atomic E-state index is -0.748. The van der Waals surface area contributed by atoms with Gasteiger partial charge in [0.1, 0.15) is 11.6 Å². The third-order valence-corrected chi connectivity index (χ3v) is 5.34. The Kier molecular flexibility index (Phi) is 6.04. The smallest absolute Gasteiger partial charge is 0.303 e. The number of piperidine rings is 1. The SMILES string of the molecule is COc1ccc2ncc(F)c(CCC[C@@H]3CCNC[C@@H]3CC(=O)O)c2c1. The molecule has 0 bridgehead atoms. The molecule has 2 atom stereocenters. The third-order valence-electron chi connectivity index (χ3n) is 5.34. The largest absolute Gasteiger partial charge is 0.497 e. The number of benzene rings is 1. The molecule has 1 aliphatic rings. The molecule has 0 radical (unpaired) electrons. The summed E-state index contributed by atoms with van der Waals surface area (Å²) in [4.78, 5) is 15.2. The number of carboxylic acids is 1. The first-order valence-electron chi connectivity index (χ1n) is 9.12. The van der Waals surface area contributed by atoms with Gasteiger partial charge < -0.3 is 15.2 Å². The van der Waals surface area contributed by atoms with E-state index in [0.717, 1.165) is 43.3 Å². The number of fused-ring (bicyclic) bond motifs is 1. The molecule has 26 heavy (non-hydrogen) atoms. The van der Waals surface area contributed by atoms with Crippen LogP contribution in [0.1, 0.15) is 31.2 Å². The van der Waals surface area contributed by atoms with Crippen LogP contribution in [0, 0.1) is 17.7 Å². The fourth-order valence-electron chi connectivity index (χ4n) is 3.94. The number of pyridine rings is 1. The second-order valence-electron chi connectivity index (χ2n) is 6.97. The summed E-state index contributed by atoms with van der Waals surface area (Å²) in [6.07, 6.45) is 4.80. The molecule has 3 rings (SSSR count). The Morgan fingerprint density at radius 1 is 1.42 bits per heavy atom. The maximum atomic E-state index is 14.4. The minimum absolute atomic E-state index is 0.153. The van der Waals surface area contributed by atoms with Gasteiger partial charge in [-0.05, 0) is 74.4 Å². The van der Waals surface area contributed by atoms with Crippen molar-refractivity contribution >= 4 is 16.9 Å². The lowest BCUT2D eigenvalue weighted by Crippen LogP contribution is -2.37. The molecule has 0 spiro atoms. The summed E-state index contributed by atoms with van der Waals surface area (Å²) in [5.41, 5.74) is 1.42. The molecule has 0 unspecified atom stereocenters. The van der Waals surface area contributed by atoms with Crippen molar-refractivity contribution in [3.8, 4) is 5.75 Å². The van der Waals surface area contributed by atoms with Gasteiger partial charge in [-0.25, -0.2) is 4.39 Å². The first kappa shape index (κ1) is 18.6. The number of halogens is 1. The first-order valence-corrected chi connectivity index (χ1v) is 9.12. The van der Waals surface area contributed by atoms with Crippen molar-refractivity contribution in [3.05, 3.63) is 35.8 Å². The molecule has 1 saturated heterocycles. The molecule has 1 aromatic carbocycles. The van der Waals surface area contributed by atoms with Gasteiger partial charge in [-0.15, -0.1) is 0 Å². The second kappa shape index (κ2) is 8.45. The number of nitrogens with zero attached hydrogens (tertiary/aromatic N) is 1. The van der Waals surface area contributed by atoms with Crippen LogP contribution in [-0.2, 0) is 11.2 Å². The zero-order chi connectivity index (χ0) is 18.5. The number of rotatable bonds is 7. The highest BCUT2D eigenvalue weighted by molar-refractivity contribution is 5.83. The number of aryl methyl sites for hydroxylation is 1. The molecule has 0 aliphatic carbocycles. The number of hydrogen-bond acceptors (Lipinski definition) is 4. The summed E-state index contributed by atoms with van der Waals surface area (Å²) >= 11 is 0. The van der Waals surface area contributed by atoms with Gasteiger partial charge in [0, 0.05) is 11.8 Å². The highest BCUT2D eigenvalue weighted by Gasteiger charge is 2.26. The Bertz CT molecular complexity index is 781. The Morgan fingerprint density at radius 2 is 2.27 bits per heavy atom. The van der Waals surface area contributed by atoms with Crippen LogP contribution >= 0.6 is 0 Å². The van der Waals surface area contributed by atoms with E-state index >= 15 is 0 Å². The van der Waals surface area contributed by atoms with E-state index in [0.29, 0.717) is 23.7 Å². The average molecular weight is 360 g/mol. The number of methoxy groups -OCH3 is 1. The summed E-state index contributed by atoms with van der Waals surface area (Å²) < 4.78 is 19.6. The van der Waals surface area contributed by atoms with Gasteiger partial charge in [0.2, 0.25) is 0 Å². The number of carboxylic acid groups (broad SMARTS) is 1. The number of nitrogens with one attached hydrogen (secondary N) is 1. The van der Waals surface area contributed by atoms with Crippen molar-refractivity contribution < 1.29 is 19.0 Å². The van der Waals surface area contributed by atoms with E-state index < -0.39 is 5.97 Å². The average Bonchev–Trinajstić information content (AvgIpc) is 2.64. The Morgan fingerprint density at radius 3 is 3.04 bits per heavy atom. The van der Waals surface area contributed by atoms with Crippen LogP contribution in [0.5, 0.6) is 5.75 Å². The van der Waals surface area contributed by atoms with E-state index in [1.54, 1.807) is 7.11 Å². The van der Waals surface area contributed by atoms with E-state index in [4.69, 9.17) is 9.84 Å². The predicted molar refractivity (Wildman–Crippen MR) is 97.9 cm³/mol. The summed E-state index contributed by atoms with van der Waals surface area (Å²) in [6, 6.07) is 5.49. The highest BCUT2D eigenvalue weighted by atomic mass is 19.1. The maximum absolute atomic E-state index is 14.4. The third kappa shape index (κ3) is 4.30. The number of aliphatic carboxylic acids is 1. The van der Waals surface area contributed by atoms with Crippen LogP contribution in [0.2, 0.25) is 0 Å². The zero-order valence-corrected chi connectivity index (χ0v) is 15.0. The lowest BCUT2D eigenvalue weighted by Gasteiger charge is -2.31. The summed E-state index contributed by atoms with van der Waals surface area (Å²) in [7, 11) is 1.59. The zero-order valence-electron chi connectivity index (χ0n) is 15.0. The molecule has 5 nitrogen and oxygen atoms in total. The summed E-state index contributed by atoms with van der Waals surface area (Å²) in [6.45, 7) is 1.67. The number of hydrogen-bond donors (Lipinski definition) is 2. The van der Waals surface area contributed by atoms with E-state index in [-0.39, 0.29) is 18.2 Å². The standard InChI is InChI=1S/C20H25FN2O3/c1-26-15-5-6-19-17(10-15)16(18(21)12-23-19)4-2-3-13-7-8-22-11-14(13)9-20(24)25/h5-6,10,12-14,22H,2-4,7-9,11H2,1H3,(H,24,25)/t13-,14+/m1/s1. The van der Waals surface area contributed by atoms with Crippen molar-refractivity contribution in [1.82, 2.24) is 10.3 Å². The molecule has 0 saturated carbocycles. The lowest BCUT2D eigenvalue weighted by molar-refractivity contribution is -0.138. The van der Waals surface area contributed by atoms with Crippen molar-refractivity contribution in [2.24, 2.45) is 11.8 Å². The topological polar surface area (TPSA) is 71.5 Å². The Labute approximate surface area is 152 Å². The van der Waals surface area contributed by atoms with Crippen LogP contribution in [0.4, 0.5) is 4.39 Å². The fraction of sp³-hybridized carbons (Fsp3) is 0.500. The van der Waals surface area contributed by atoms with Crippen LogP contribution in [-0.4, -0.2) is 36.3 Å². The van der Waals surface area contributed by atoms with Crippen LogP contribution < -0.4 is 10.1 Å². The minimum Gasteiger partial charge on any atom is -0.497 e. The molecule has 1 fully saturated rings. The van der Waals surface area contributed by atoms with Gasteiger partial charge in [0.15, 0.2) is 0 Å². The van der Waals surface area contributed by atoms with Crippen molar-refractivity contribution in [2.45, 2.75) is 32.1 Å². The Balaban J connectivity index is 1.71. The molecule has 2 aromatic rings. The van der Waals surface area contributed by atoms with Gasteiger partial charge in [-0.2, -0.15) is 0 Å². The second-order valence-corrected chi connectivity index (χ2v) is 6.97. The molecule has 1 aliphatic heterocycles. The van der Waals surface area contributed by atoms with Gasteiger partial charge >= 0.3 is 5.97 Å². The fourth-order valence-corrected chi connectivity index (χ4v) is 3.94. The normalized spacial score (nSPS) is 20.2. The van der Waals surface area contributed by atoms with Crippen LogP contribution in [0.3, 0.4) is 0 Å². The van der Waals surface area contributed by atoms with Gasteiger partial charge in [0.25, 0.3) is 0 Å².